The van der Waals surface area contributed by atoms with E-state index in [4.69, 9.17) is 10.5 Å². The number of ether oxygens (including phenoxy) is 2. The maximum absolute atomic E-state index is 11.4. The van der Waals surface area contributed by atoms with Gasteiger partial charge in [-0.2, -0.15) is 0 Å². The number of amides is 1. The highest BCUT2D eigenvalue weighted by atomic mass is 16.5. The third-order valence-electron chi connectivity index (χ3n) is 1.81. The molecule has 0 aliphatic heterocycles. The van der Waals surface area contributed by atoms with Gasteiger partial charge in [0.1, 0.15) is 11.6 Å². The summed E-state index contributed by atoms with van der Waals surface area (Å²) in [4.78, 5) is 22.7. The van der Waals surface area contributed by atoms with Gasteiger partial charge in [0, 0.05) is 7.11 Å². The molecule has 0 aliphatic rings. The second-order valence-corrected chi connectivity index (χ2v) is 3.67. The number of carbonyl (C=O) groups excluding carboxylic acids is 2. The number of methoxy groups -OCH3 is 2. The average Bonchev–Trinajstić information content (AvgIpc) is 2.16. The predicted molar refractivity (Wildman–Crippen MR) is 54.1 cm³/mol. The van der Waals surface area contributed by atoms with Gasteiger partial charge in [-0.1, -0.05) is 0 Å². The molecule has 0 aromatic carbocycles. The van der Waals surface area contributed by atoms with Crippen molar-refractivity contribution in [3.05, 3.63) is 0 Å². The highest BCUT2D eigenvalue weighted by molar-refractivity contribution is 5.89. The highest BCUT2D eigenvalue weighted by Crippen LogP contribution is 2.04. The lowest BCUT2D eigenvalue weighted by atomic mass is 10.1. The predicted octanol–water partition coefficient (Wildman–Crippen LogP) is -0.972. The maximum Gasteiger partial charge on any atom is 0.330 e. The summed E-state index contributed by atoms with van der Waals surface area (Å²) in [5.41, 5.74) is 4.40. The third-order valence-corrected chi connectivity index (χ3v) is 1.81. The molecule has 15 heavy (non-hydrogen) atoms. The summed E-state index contributed by atoms with van der Waals surface area (Å²) < 4.78 is 9.25. The Balaban J connectivity index is 4.33. The van der Waals surface area contributed by atoms with Crippen molar-refractivity contribution < 1.29 is 19.1 Å². The van der Waals surface area contributed by atoms with E-state index in [1.165, 1.54) is 28.1 Å². The molecule has 0 fully saturated rings. The van der Waals surface area contributed by atoms with Crippen LogP contribution in [0.25, 0.3) is 0 Å². The van der Waals surface area contributed by atoms with Crippen molar-refractivity contribution in [1.82, 2.24) is 5.32 Å². The van der Waals surface area contributed by atoms with Gasteiger partial charge in [0.15, 0.2) is 0 Å². The normalized spacial score (nSPS) is 13.1. The molecule has 0 aromatic rings. The lowest BCUT2D eigenvalue weighted by Crippen LogP contribution is -2.55. The summed E-state index contributed by atoms with van der Waals surface area (Å²) in [6.07, 6.45) is 0. The van der Waals surface area contributed by atoms with Crippen molar-refractivity contribution in [1.29, 1.82) is 0 Å². The summed E-state index contributed by atoms with van der Waals surface area (Å²) in [6, 6.07) is -0.793. The zero-order valence-corrected chi connectivity index (χ0v) is 9.49. The Morgan fingerprint density at radius 2 is 1.93 bits per heavy atom. The van der Waals surface area contributed by atoms with Gasteiger partial charge in [0.25, 0.3) is 0 Å². The molecule has 0 saturated carbocycles. The van der Waals surface area contributed by atoms with E-state index in [2.05, 4.69) is 10.1 Å². The first kappa shape index (κ1) is 13.9. The van der Waals surface area contributed by atoms with Gasteiger partial charge in [0.2, 0.25) is 5.91 Å². The van der Waals surface area contributed by atoms with Crippen LogP contribution in [0.5, 0.6) is 0 Å². The Labute approximate surface area is 89.1 Å². The summed E-state index contributed by atoms with van der Waals surface area (Å²) in [5, 5.41) is 2.47. The molecule has 0 heterocycles. The van der Waals surface area contributed by atoms with Crippen molar-refractivity contribution in [3.8, 4) is 0 Å². The molecule has 6 heteroatoms. The van der Waals surface area contributed by atoms with Crippen LogP contribution in [0.1, 0.15) is 13.8 Å². The van der Waals surface area contributed by atoms with Crippen molar-refractivity contribution in [2.24, 2.45) is 5.73 Å². The molecule has 0 radical (unpaired) electrons. The minimum atomic E-state index is -1.09. The Morgan fingerprint density at radius 3 is 2.33 bits per heavy atom. The topological polar surface area (TPSA) is 90.6 Å². The van der Waals surface area contributed by atoms with E-state index in [0.29, 0.717) is 0 Å². The van der Waals surface area contributed by atoms with Crippen LogP contribution in [0.2, 0.25) is 0 Å². The average molecular weight is 218 g/mol. The van der Waals surface area contributed by atoms with E-state index < -0.39 is 23.5 Å². The molecule has 88 valence electrons. The summed E-state index contributed by atoms with van der Waals surface area (Å²) in [5.74, 6) is -0.979. The zero-order valence-electron chi connectivity index (χ0n) is 9.49. The van der Waals surface area contributed by atoms with E-state index in [1.807, 2.05) is 0 Å². The summed E-state index contributed by atoms with van der Waals surface area (Å²) in [6.45, 7) is 3.18. The van der Waals surface area contributed by atoms with Crippen LogP contribution in [-0.4, -0.2) is 44.3 Å². The molecule has 0 bridgehead atoms. The van der Waals surface area contributed by atoms with Crippen LogP contribution < -0.4 is 11.1 Å². The van der Waals surface area contributed by atoms with E-state index in [-0.39, 0.29) is 6.61 Å². The van der Waals surface area contributed by atoms with Gasteiger partial charge in [-0.05, 0) is 13.8 Å². The van der Waals surface area contributed by atoms with Gasteiger partial charge < -0.3 is 20.5 Å². The van der Waals surface area contributed by atoms with Crippen molar-refractivity contribution in [3.63, 3.8) is 0 Å². The van der Waals surface area contributed by atoms with Gasteiger partial charge in [-0.25, -0.2) is 4.79 Å². The molecule has 0 aromatic heterocycles. The van der Waals surface area contributed by atoms with E-state index in [9.17, 15) is 9.59 Å². The van der Waals surface area contributed by atoms with Crippen molar-refractivity contribution in [2.75, 3.05) is 20.8 Å². The van der Waals surface area contributed by atoms with E-state index >= 15 is 0 Å². The van der Waals surface area contributed by atoms with Gasteiger partial charge in [-0.3, -0.25) is 4.79 Å². The van der Waals surface area contributed by atoms with Crippen LogP contribution in [0.4, 0.5) is 0 Å². The van der Waals surface area contributed by atoms with Crippen LogP contribution in [-0.2, 0) is 19.1 Å². The number of hydrogen-bond donors (Lipinski definition) is 2. The quantitative estimate of drug-likeness (QED) is 0.579. The number of esters is 1. The summed E-state index contributed by atoms with van der Waals surface area (Å²) in [7, 11) is 2.70. The zero-order chi connectivity index (χ0) is 12.1. The lowest BCUT2D eigenvalue weighted by Gasteiger charge is -2.24. The molecule has 6 nitrogen and oxygen atoms in total. The van der Waals surface area contributed by atoms with E-state index in [1.54, 1.807) is 0 Å². The SMILES string of the molecule is COCC(N)C(=O)NC(C)(C)C(=O)OC. The van der Waals surface area contributed by atoms with Gasteiger partial charge in [-0.15, -0.1) is 0 Å². The number of carbonyl (C=O) groups is 2. The maximum atomic E-state index is 11.4. The molecule has 1 unspecified atom stereocenters. The Kier molecular flexibility index (Phi) is 5.24. The molecule has 0 aliphatic carbocycles. The Hall–Kier alpha value is -1.14. The standard InChI is InChI=1S/C9H18N2O4/c1-9(2,8(13)15-4)11-7(12)6(10)5-14-3/h6H,5,10H2,1-4H3,(H,11,12). The van der Waals surface area contributed by atoms with Gasteiger partial charge >= 0.3 is 5.97 Å². The van der Waals surface area contributed by atoms with E-state index in [0.717, 1.165) is 0 Å². The molecule has 1 amide bonds. The molecule has 1 atom stereocenters. The van der Waals surface area contributed by atoms with Crippen LogP contribution in [0, 0.1) is 0 Å². The molecule has 0 saturated heterocycles. The van der Waals surface area contributed by atoms with Crippen molar-refractivity contribution >= 4 is 11.9 Å². The smallest absolute Gasteiger partial charge is 0.330 e. The Bertz CT molecular complexity index is 240. The number of hydrogen-bond acceptors (Lipinski definition) is 5. The minimum Gasteiger partial charge on any atom is -0.467 e. The summed E-state index contributed by atoms with van der Waals surface area (Å²) >= 11 is 0. The third kappa shape index (κ3) is 4.26. The number of rotatable bonds is 5. The fraction of sp³-hybridized carbons (Fsp3) is 0.778. The largest absolute Gasteiger partial charge is 0.467 e. The fourth-order valence-corrected chi connectivity index (χ4v) is 0.962. The molecule has 0 spiro atoms. The first-order valence-electron chi connectivity index (χ1n) is 4.50. The minimum absolute atomic E-state index is 0.100. The lowest BCUT2D eigenvalue weighted by molar-refractivity contribution is -0.149. The van der Waals surface area contributed by atoms with Crippen LogP contribution in [0.3, 0.4) is 0 Å². The molecule has 3 N–H and O–H groups in total. The molecular formula is C9H18N2O4. The van der Waals surface area contributed by atoms with Crippen molar-refractivity contribution in [2.45, 2.75) is 25.4 Å². The number of nitrogens with one attached hydrogen (secondary N) is 1. The molecular weight excluding hydrogens is 200 g/mol. The number of nitrogens with two attached hydrogens (primary N) is 1. The Morgan fingerprint density at radius 1 is 1.40 bits per heavy atom. The second kappa shape index (κ2) is 5.67. The van der Waals surface area contributed by atoms with Crippen LogP contribution >= 0.6 is 0 Å². The monoisotopic (exact) mass is 218 g/mol. The highest BCUT2D eigenvalue weighted by Gasteiger charge is 2.31. The first-order chi connectivity index (χ1) is 6.85. The molecule has 0 rings (SSSR count). The van der Waals surface area contributed by atoms with Gasteiger partial charge in [0.05, 0.1) is 13.7 Å². The fourth-order valence-electron chi connectivity index (χ4n) is 0.962. The second-order valence-electron chi connectivity index (χ2n) is 3.67. The van der Waals surface area contributed by atoms with Crippen LogP contribution in [0.15, 0.2) is 0 Å². The first-order valence-corrected chi connectivity index (χ1v) is 4.50.